The van der Waals surface area contributed by atoms with Crippen molar-refractivity contribution < 1.29 is 17.9 Å². The standard InChI is InChI=1S/C22H28N2O4S/c1-6-29(26,27)24(5)17-10-8-16(9-11-17)21(25)23-19-14-22(3,4)28-20-13-15(2)7-12-18(19)20/h7-13,19H,6,14H2,1-5H3,(H,23,25). The Morgan fingerprint density at radius 1 is 1.21 bits per heavy atom. The van der Waals surface area contributed by atoms with Gasteiger partial charge in [-0.15, -0.1) is 0 Å². The summed E-state index contributed by atoms with van der Waals surface area (Å²) in [7, 11) is -1.83. The molecule has 0 aliphatic carbocycles. The van der Waals surface area contributed by atoms with Gasteiger partial charge in [0.15, 0.2) is 0 Å². The second-order valence-corrected chi connectivity index (χ2v) is 10.3. The van der Waals surface area contributed by atoms with Crippen molar-refractivity contribution in [2.45, 2.75) is 45.8 Å². The number of fused-ring (bicyclic) bond motifs is 1. The highest BCUT2D eigenvalue weighted by Gasteiger charge is 2.34. The van der Waals surface area contributed by atoms with Gasteiger partial charge in [0, 0.05) is 24.6 Å². The first kappa shape index (κ1) is 21.2. The van der Waals surface area contributed by atoms with Crippen molar-refractivity contribution in [2.75, 3.05) is 17.1 Å². The zero-order chi connectivity index (χ0) is 21.4. The van der Waals surface area contributed by atoms with Crippen molar-refractivity contribution in [3.8, 4) is 5.75 Å². The Bertz CT molecular complexity index is 1010. The zero-order valence-corrected chi connectivity index (χ0v) is 18.3. The molecule has 7 heteroatoms. The van der Waals surface area contributed by atoms with Crippen LogP contribution in [0.3, 0.4) is 0 Å². The minimum atomic E-state index is -3.34. The number of amides is 1. The summed E-state index contributed by atoms with van der Waals surface area (Å²) in [6.45, 7) is 7.63. The topological polar surface area (TPSA) is 75.7 Å². The van der Waals surface area contributed by atoms with Gasteiger partial charge >= 0.3 is 0 Å². The van der Waals surface area contributed by atoms with Crippen LogP contribution in [0.5, 0.6) is 5.75 Å². The molecule has 0 radical (unpaired) electrons. The van der Waals surface area contributed by atoms with Crippen LogP contribution in [0.15, 0.2) is 42.5 Å². The number of benzene rings is 2. The lowest BCUT2D eigenvalue weighted by Gasteiger charge is -2.38. The summed E-state index contributed by atoms with van der Waals surface area (Å²) in [5, 5.41) is 3.11. The van der Waals surface area contributed by atoms with Crippen molar-refractivity contribution in [1.29, 1.82) is 0 Å². The minimum absolute atomic E-state index is 0.0180. The minimum Gasteiger partial charge on any atom is -0.487 e. The van der Waals surface area contributed by atoms with Crippen LogP contribution >= 0.6 is 0 Å². The molecule has 0 bridgehead atoms. The average Bonchev–Trinajstić information content (AvgIpc) is 2.66. The zero-order valence-electron chi connectivity index (χ0n) is 17.5. The molecule has 0 fully saturated rings. The molecule has 0 spiro atoms. The maximum Gasteiger partial charge on any atom is 0.251 e. The quantitative estimate of drug-likeness (QED) is 0.804. The number of ether oxygens (including phenoxy) is 1. The van der Waals surface area contributed by atoms with Crippen LogP contribution in [-0.4, -0.2) is 32.7 Å². The van der Waals surface area contributed by atoms with E-state index in [-0.39, 0.29) is 23.3 Å². The van der Waals surface area contributed by atoms with E-state index in [0.717, 1.165) is 16.9 Å². The van der Waals surface area contributed by atoms with Gasteiger partial charge in [0.25, 0.3) is 5.91 Å². The highest BCUT2D eigenvalue weighted by atomic mass is 32.2. The van der Waals surface area contributed by atoms with Gasteiger partial charge in [-0.2, -0.15) is 0 Å². The number of hydrogen-bond donors (Lipinski definition) is 1. The third-order valence-electron chi connectivity index (χ3n) is 5.21. The van der Waals surface area contributed by atoms with Gasteiger partial charge in [-0.05, 0) is 63.6 Å². The fraction of sp³-hybridized carbons (Fsp3) is 0.409. The summed E-state index contributed by atoms with van der Waals surface area (Å²) in [5.41, 5.74) is 2.69. The first-order valence-corrected chi connectivity index (χ1v) is 11.3. The van der Waals surface area contributed by atoms with Gasteiger partial charge in [-0.3, -0.25) is 9.10 Å². The molecule has 1 unspecified atom stereocenters. The molecule has 1 aliphatic rings. The van der Waals surface area contributed by atoms with Crippen LogP contribution in [0, 0.1) is 6.92 Å². The van der Waals surface area contributed by atoms with E-state index in [1.807, 2.05) is 39.0 Å². The Hall–Kier alpha value is -2.54. The smallest absolute Gasteiger partial charge is 0.251 e. The molecule has 0 aromatic heterocycles. The highest BCUT2D eigenvalue weighted by Crippen LogP contribution is 2.40. The van der Waals surface area contributed by atoms with E-state index < -0.39 is 10.0 Å². The van der Waals surface area contributed by atoms with E-state index in [9.17, 15) is 13.2 Å². The predicted octanol–water partition coefficient (Wildman–Crippen LogP) is 3.81. The van der Waals surface area contributed by atoms with Crippen LogP contribution < -0.4 is 14.4 Å². The van der Waals surface area contributed by atoms with Gasteiger partial charge in [0.1, 0.15) is 11.4 Å². The first-order chi connectivity index (χ1) is 13.5. The van der Waals surface area contributed by atoms with Crippen molar-refractivity contribution >= 4 is 21.6 Å². The van der Waals surface area contributed by atoms with Crippen LogP contribution in [-0.2, 0) is 10.0 Å². The highest BCUT2D eigenvalue weighted by molar-refractivity contribution is 7.92. The van der Waals surface area contributed by atoms with Crippen molar-refractivity contribution in [1.82, 2.24) is 5.32 Å². The lowest BCUT2D eigenvalue weighted by molar-refractivity contribution is 0.0619. The summed E-state index contributed by atoms with van der Waals surface area (Å²) in [6, 6.07) is 12.4. The predicted molar refractivity (Wildman–Crippen MR) is 115 cm³/mol. The number of carbonyl (C=O) groups excluding carboxylic acids is 1. The van der Waals surface area contributed by atoms with E-state index in [2.05, 4.69) is 5.32 Å². The molecule has 1 heterocycles. The monoisotopic (exact) mass is 416 g/mol. The van der Waals surface area contributed by atoms with E-state index in [1.54, 1.807) is 31.2 Å². The first-order valence-electron chi connectivity index (χ1n) is 9.69. The Kier molecular flexibility index (Phi) is 5.63. The Morgan fingerprint density at radius 3 is 2.48 bits per heavy atom. The van der Waals surface area contributed by atoms with E-state index >= 15 is 0 Å². The molecule has 1 atom stereocenters. The number of rotatable bonds is 5. The maximum atomic E-state index is 12.9. The summed E-state index contributed by atoms with van der Waals surface area (Å²) in [4.78, 5) is 12.9. The fourth-order valence-corrected chi connectivity index (χ4v) is 4.34. The summed E-state index contributed by atoms with van der Waals surface area (Å²) >= 11 is 0. The van der Waals surface area contributed by atoms with Crippen LogP contribution in [0.25, 0.3) is 0 Å². The summed E-state index contributed by atoms with van der Waals surface area (Å²) in [5.74, 6) is 0.615. The summed E-state index contributed by atoms with van der Waals surface area (Å²) < 4.78 is 31.4. The van der Waals surface area contributed by atoms with E-state index in [0.29, 0.717) is 17.7 Å². The Labute approximate surface area is 172 Å². The van der Waals surface area contributed by atoms with E-state index in [4.69, 9.17) is 4.74 Å². The molecular weight excluding hydrogens is 388 g/mol. The van der Waals surface area contributed by atoms with Gasteiger partial charge in [0.05, 0.1) is 17.5 Å². The van der Waals surface area contributed by atoms with Crippen molar-refractivity contribution in [3.05, 3.63) is 59.2 Å². The molecule has 6 nitrogen and oxygen atoms in total. The molecular formula is C22H28N2O4S. The van der Waals surface area contributed by atoms with Crippen LogP contribution in [0.2, 0.25) is 0 Å². The molecule has 1 amide bonds. The lowest BCUT2D eigenvalue weighted by Crippen LogP contribution is -2.41. The van der Waals surface area contributed by atoms with Crippen LogP contribution in [0.1, 0.15) is 54.7 Å². The third kappa shape index (κ3) is 4.56. The number of hydrogen-bond acceptors (Lipinski definition) is 4. The maximum absolute atomic E-state index is 12.9. The fourth-order valence-electron chi connectivity index (χ4n) is 3.51. The number of nitrogens with zero attached hydrogens (tertiary/aromatic N) is 1. The van der Waals surface area contributed by atoms with Crippen molar-refractivity contribution in [3.63, 3.8) is 0 Å². The SMILES string of the molecule is CCS(=O)(=O)N(C)c1ccc(C(=O)NC2CC(C)(C)Oc3cc(C)ccc32)cc1. The molecule has 2 aromatic carbocycles. The molecule has 29 heavy (non-hydrogen) atoms. The van der Waals surface area contributed by atoms with Gasteiger partial charge in [0.2, 0.25) is 10.0 Å². The largest absolute Gasteiger partial charge is 0.487 e. The molecule has 0 saturated carbocycles. The Morgan fingerprint density at radius 2 is 1.86 bits per heavy atom. The number of nitrogens with one attached hydrogen (secondary N) is 1. The number of sulfonamides is 1. The number of aryl methyl sites for hydroxylation is 1. The van der Waals surface area contributed by atoms with Crippen LogP contribution in [0.4, 0.5) is 5.69 Å². The molecule has 0 saturated heterocycles. The third-order valence-corrected chi connectivity index (χ3v) is 6.98. The lowest BCUT2D eigenvalue weighted by atomic mass is 9.89. The normalized spacial score (nSPS) is 17.8. The Balaban J connectivity index is 1.80. The molecule has 156 valence electrons. The van der Waals surface area contributed by atoms with Gasteiger partial charge < -0.3 is 10.1 Å². The molecule has 1 aliphatic heterocycles. The van der Waals surface area contributed by atoms with Gasteiger partial charge in [-0.1, -0.05) is 12.1 Å². The number of carbonyl (C=O) groups is 1. The summed E-state index contributed by atoms with van der Waals surface area (Å²) in [6.07, 6.45) is 0.657. The molecule has 2 aromatic rings. The second kappa shape index (κ2) is 7.71. The molecule has 1 N–H and O–H groups in total. The van der Waals surface area contributed by atoms with Gasteiger partial charge in [-0.25, -0.2) is 8.42 Å². The van der Waals surface area contributed by atoms with Crippen molar-refractivity contribution in [2.24, 2.45) is 0 Å². The average molecular weight is 417 g/mol. The second-order valence-electron chi connectivity index (χ2n) is 8.05. The number of anilines is 1. The molecule has 3 rings (SSSR count). The van der Waals surface area contributed by atoms with E-state index in [1.165, 1.54) is 11.4 Å².